The largest absolute Gasteiger partial charge is 0.380 e. The Labute approximate surface area is 110 Å². The zero-order valence-corrected chi connectivity index (χ0v) is 11.1. The summed E-state index contributed by atoms with van der Waals surface area (Å²) in [5.74, 6) is 0.890. The Bertz CT molecular complexity index is 484. The van der Waals surface area contributed by atoms with E-state index in [9.17, 15) is 0 Å². The molecule has 0 bridgehead atoms. The quantitative estimate of drug-likeness (QED) is 0.864. The molecule has 17 heavy (non-hydrogen) atoms. The van der Waals surface area contributed by atoms with Gasteiger partial charge in [0.05, 0.1) is 4.34 Å². The minimum absolute atomic E-state index is 0.785. The standard InChI is InChI=1S/C12H14ClN3S/c1-2-14-12-7-9(5-6-15-12)16-8-10-3-4-11(13)17-10/h3-7H,2,8H2,1H3,(H2,14,15,16). The minimum Gasteiger partial charge on any atom is -0.380 e. The van der Waals surface area contributed by atoms with E-state index in [0.717, 1.165) is 28.9 Å². The highest BCUT2D eigenvalue weighted by Crippen LogP contribution is 2.22. The van der Waals surface area contributed by atoms with E-state index >= 15 is 0 Å². The molecule has 2 N–H and O–H groups in total. The molecule has 0 amide bonds. The van der Waals surface area contributed by atoms with Crippen molar-refractivity contribution in [3.8, 4) is 0 Å². The number of pyridine rings is 1. The Kier molecular flexibility index (Phi) is 4.23. The van der Waals surface area contributed by atoms with E-state index in [2.05, 4.69) is 22.5 Å². The number of hydrogen-bond acceptors (Lipinski definition) is 4. The second kappa shape index (κ2) is 5.89. The molecule has 0 saturated carbocycles. The van der Waals surface area contributed by atoms with Crippen LogP contribution in [-0.4, -0.2) is 11.5 Å². The maximum absolute atomic E-state index is 5.88. The van der Waals surface area contributed by atoms with Gasteiger partial charge in [0.25, 0.3) is 0 Å². The van der Waals surface area contributed by atoms with Crippen molar-refractivity contribution < 1.29 is 0 Å². The van der Waals surface area contributed by atoms with E-state index in [1.54, 1.807) is 17.5 Å². The fraction of sp³-hybridized carbons (Fsp3) is 0.250. The van der Waals surface area contributed by atoms with Gasteiger partial charge in [-0.3, -0.25) is 0 Å². The van der Waals surface area contributed by atoms with Gasteiger partial charge < -0.3 is 10.6 Å². The lowest BCUT2D eigenvalue weighted by atomic mass is 10.3. The molecule has 0 atom stereocenters. The Morgan fingerprint density at radius 1 is 1.29 bits per heavy atom. The molecule has 90 valence electrons. The van der Waals surface area contributed by atoms with Gasteiger partial charge in [0.15, 0.2) is 0 Å². The topological polar surface area (TPSA) is 37.0 Å². The predicted octanol–water partition coefficient (Wildman–Crippen LogP) is 3.84. The van der Waals surface area contributed by atoms with Gasteiger partial charge in [0, 0.05) is 35.9 Å². The summed E-state index contributed by atoms with van der Waals surface area (Å²) < 4.78 is 0.824. The van der Waals surface area contributed by atoms with Crippen LogP contribution in [0.25, 0.3) is 0 Å². The second-order valence-corrected chi connectivity index (χ2v) is 5.32. The van der Waals surface area contributed by atoms with E-state index < -0.39 is 0 Å². The summed E-state index contributed by atoms with van der Waals surface area (Å²) in [7, 11) is 0. The van der Waals surface area contributed by atoms with Crippen LogP contribution in [0.5, 0.6) is 0 Å². The molecule has 5 heteroatoms. The van der Waals surface area contributed by atoms with Crippen LogP contribution in [-0.2, 0) is 6.54 Å². The van der Waals surface area contributed by atoms with Gasteiger partial charge >= 0.3 is 0 Å². The van der Waals surface area contributed by atoms with Crippen molar-refractivity contribution in [1.29, 1.82) is 0 Å². The minimum atomic E-state index is 0.785. The third-order valence-electron chi connectivity index (χ3n) is 2.21. The van der Waals surface area contributed by atoms with Gasteiger partial charge in [-0.2, -0.15) is 0 Å². The van der Waals surface area contributed by atoms with Gasteiger partial charge in [-0.05, 0) is 25.1 Å². The molecule has 0 aliphatic heterocycles. The lowest BCUT2D eigenvalue weighted by Gasteiger charge is -2.07. The second-order valence-electron chi connectivity index (χ2n) is 3.52. The molecular formula is C12H14ClN3S. The number of nitrogens with one attached hydrogen (secondary N) is 2. The van der Waals surface area contributed by atoms with Crippen LogP contribution in [0.15, 0.2) is 30.5 Å². The number of aromatic nitrogens is 1. The van der Waals surface area contributed by atoms with Crippen molar-refractivity contribution in [3.63, 3.8) is 0 Å². The summed E-state index contributed by atoms with van der Waals surface area (Å²) in [5, 5.41) is 6.53. The van der Waals surface area contributed by atoms with E-state index in [1.807, 2.05) is 24.3 Å². The Balaban J connectivity index is 1.96. The van der Waals surface area contributed by atoms with Crippen LogP contribution >= 0.6 is 22.9 Å². The summed E-state index contributed by atoms with van der Waals surface area (Å²) in [6.45, 7) is 3.71. The smallest absolute Gasteiger partial charge is 0.127 e. The van der Waals surface area contributed by atoms with E-state index in [-0.39, 0.29) is 0 Å². The molecule has 3 nitrogen and oxygen atoms in total. The van der Waals surface area contributed by atoms with E-state index in [0.29, 0.717) is 0 Å². The van der Waals surface area contributed by atoms with E-state index in [4.69, 9.17) is 11.6 Å². The molecule has 2 aromatic rings. The van der Waals surface area contributed by atoms with Crippen LogP contribution in [0, 0.1) is 0 Å². The van der Waals surface area contributed by atoms with Crippen molar-refractivity contribution in [2.24, 2.45) is 0 Å². The summed E-state index contributed by atoms with van der Waals surface area (Å²) >= 11 is 7.47. The average Bonchev–Trinajstić information content (AvgIpc) is 2.74. The Hall–Kier alpha value is -1.26. The maximum atomic E-state index is 5.88. The fourth-order valence-electron chi connectivity index (χ4n) is 1.45. The number of hydrogen-bond donors (Lipinski definition) is 2. The first kappa shape index (κ1) is 12.2. The molecule has 0 aromatic carbocycles. The molecule has 0 radical (unpaired) electrons. The molecule has 0 unspecified atom stereocenters. The molecule has 0 spiro atoms. The number of thiophene rings is 1. The fourth-order valence-corrected chi connectivity index (χ4v) is 2.48. The normalized spacial score (nSPS) is 10.2. The maximum Gasteiger partial charge on any atom is 0.127 e. The summed E-state index contributed by atoms with van der Waals surface area (Å²) in [6.07, 6.45) is 1.79. The van der Waals surface area contributed by atoms with Crippen molar-refractivity contribution in [3.05, 3.63) is 39.7 Å². The molecule has 2 heterocycles. The van der Waals surface area contributed by atoms with Crippen molar-refractivity contribution >= 4 is 34.4 Å². The lowest BCUT2D eigenvalue weighted by molar-refractivity contribution is 1.14. The number of anilines is 2. The first-order chi connectivity index (χ1) is 8.28. The lowest BCUT2D eigenvalue weighted by Crippen LogP contribution is -2.01. The van der Waals surface area contributed by atoms with Crippen molar-refractivity contribution in [1.82, 2.24) is 4.98 Å². The van der Waals surface area contributed by atoms with Crippen LogP contribution in [0.2, 0.25) is 4.34 Å². The van der Waals surface area contributed by atoms with Crippen LogP contribution < -0.4 is 10.6 Å². The molecular weight excluding hydrogens is 254 g/mol. The summed E-state index contributed by atoms with van der Waals surface area (Å²) in [6, 6.07) is 7.90. The van der Waals surface area contributed by atoms with Crippen LogP contribution in [0.4, 0.5) is 11.5 Å². The molecule has 2 aromatic heterocycles. The third kappa shape index (κ3) is 3.61. The van der Waals surface area contributed by atoms with Crippen LogP contribution in [0.1, 0.15) is 11.8 Å². The van der Waals surface area contributed by atoms with Gasteiger partial charge in [-0.1, -0.05) is 11.6 Å². The highest BCUT2D eigenvalue weighted by atomic mass is 35.5. The van der Waals surface area contributed by atoms with E-state index in [1.165, 1.54) is 4.88 Å². The van der Waals surface area contributed by atoms with Gasteiger partial charge in [0.1, 0.15) is 5.82 Å². The number of rotatable bonds is 5. The third-order valence-corrected chi connectivity index (χ3v) is 3.44. The first-order valence-electron chi connectivity index (χ1n) is 5.46. The molecule has 2 rings (SSSR count). The van der Waals surface area contributed by atoms with Crippen molar-refractivity contribution in [2.45, 2.75) is 13.5 Å². The van der Waals surface area contributed by atoms with Crippen molar-refractivity contribution in [2.75, 3.05) is 17.2 Å². The Morgan fingerprint density at radius 2 is 2.18 bits per heavy atom. The Morgan fingerprint density at radius 3 is 2.88 bits per heavy atom. The zero-order valence-electron chi connectivity index (χ0n) is 9.53. The highest BCUT2D eigenvalue weighted by Gasteiger charge is 1.99. The molecule has 0 aliphatic carbocycles. The molecule has 0 fully saturated rings. The summed E-state index contributed by atoms with van der Waals surface area (Å²) in [4.78, 5) is 5.44. The van der Waals surface area contributed by atoms with Gasteiger partial charge in [-0.15, -0.1) is 11.3 Å². The van der Waals surface area contributed by atoms with Gasteiger partial charge in [-0.25, -0.2) is 4.98 Å². The van der Waals surface area contributed by atoms with Crippen LogP contribution in [0.3, 0.4) is 0 Å². The summed E-state index contributed by atoms with van der Waals surface area (Å²) in [5.41, 5.74) is 1.06. The average molecular weight is 268 g/mol. The molecule has 0 aliphatic rings. The zero-order chi connectivity index (χ0) is 12.1. The first-order valence-corrected chi connectivity index (χ1v) is 6.65. The van der Waals surface area contributed by atoms with Gasteiger partial charge in [0.2, 0.25) is 0 Å². The molecule has 0 saturated heterocycles. The monoisotopic (exact) mass is 267 g/mol. The number of halogens is 1. The predicted molar refractivity (Wildman–Crippen MR) is 75.1 cm³/mol. The highest BCUT2D eigenvalue weighted by molar-refractivity contribution is 7.16. The SMILES string of the molecule is CCNc1cc(NCc2ccc(Cl)s2)ccn1. The number of nitrogens with zero attached hydrogens (tertiary/aromatic N) is 1.